The third kappa shape index (κ3) is 1.47. The lowest BCUT2D eigenvalue weighted by atomic mass is 10.2. The van der Waals surface area contributed by atoms with Gasteiger partial charge in [-0.15, -0.1) is 0 Å². The molecule has 15 heavy (non-hydrogen) atoms. The second-order valence-electron chi connectivity index (χ2n) is 3.61. The van der Waals surface area contributed by atoms with Crippen LogP contribution in [0.4, 0.5) is 4.79 Å². The summed E-state index contributed by atoms with van der Waals surface area (Å²) >= 11 is 0. The number of carbonyl (C=O) groups excluding carboxylic acids is 1. The molecule has 1 aliphatic heterocycles. The molecule has 0 aliphatic carbocycles. The molecular weight excluding hydrogens is 198 g/mol. The molecule has 0 fully saturated rings. The number of rotatable bonds is 1. The average Bonchev–Trinajstić information content (AvgIpc) is 2.60. The fourth-order valence-electron chi connectivity index (χ4n) is 1.93. The van der Waals surface area contributed by atoms with E-state index in [-0.39, 0.29) is 6.04 Å². The molecule has 0 saturated heterocycles. The smallest absolute Gasteiger partial charge is 0.407 e. The first-order chi connectivity index (χ1) is 7.13. The topological polar surface area (TPSA) is 75.4 Å². The van der Waals surface area contributed by atoms with Crippen LogP contribution in [-0.4, -0.2) is 38.5 Å². The molecule has 1 aromatic rings. The second-order valence-corrected chi connectivity index (χ2v) is 3.61. The molecule has 0 spiro atoms. The van der Waals surface area contributed by atoms with Gasteiger partial charge in [-0.25, -0.2) is 9.78 Å². The summed E-state index contributed by atoms with van der Waals surface area (Å²) in [5.41, 5.74) is 0.762. The second kappa shape index (κ2) is 3.38. The molecule has 1 atom stereocenters. The van der Waals surface area contributed by atoms with E-state index in [0.717, 1.165) is 5.69 Å². The summed E-state index contributed by atoms with van der Waals surface area (Å²) in [6.45, 7) is 2.55. The maximum absolute atomic E-state index is 10.8. The van der Waals surface area contributed by atoms with Crippen molar-refractivity contribution < 1.29 is 14.7 Å². The van der Waals surface area contributed by atoms with Crippen molar-refractivity contribution in [2.45, 2.75) is 19.5 Å². The van der Waals surface area contributed by atoms with Crippen LogP contribution in [0.2, 0.25) is 0 Å². The third-order valence-corrected chi connectivity index (χ3v) is 2.56. The minimum Gasteiger partial charge on any atom is -0.465 e. The van der Waals surface area contributed by atoms with E-state index in [1.54, 1.807) is 10.8 Å². The molecule has 2 heterocycles. The van der Waals surface area contributed by atoms with Gasteiger partial charge in [0.2, 0.25) is 0 Å². The zero-order chi connectivity index (χ0) is 11.0. The quantitative estimate of drug-likeness (QED) is 0.692. The molecule has 1 N–H and O–H groups in total. The van der Waals surface area contributed by atoms with Gasteiger partial charge in [-0.3, -0.25) is 4.79 Å². The summed E-state index contributed by atoms with van der Waals surface area (Å²) in [6, 6.07) is -0.0486. The average molecular weight is 209 g/mol. The number of hydrogen-bond acceptors (Lipinski definition) is 3. The van der Waals surface area contributed by atoms with Crippen molar-refractivity contribution in [2.24, 2.45) is 0 Å². The standard InChI is InChI=1S/C9H11N3O3/c1-6-3-11(9(14)15)4-7-2-10-8(5-13)12(6)7/h2,5-6H,3-4H2,1H3,(H,14,15). The molecule has 2 rings (SSSR count). The molecule has 6 heteroatoms. The van der Waals surface area contributed by atoms with Crippen LogP contribution in [-0.2, 0) is 6.54 Å². The third-order valence-electron chi connectivity index (χ3n) is 2.56. The lowest BCUT2D eigenvalue weighted by Crippen LogP contribution is -2.39. The first-order valence-electron chi connectivity index (χ1n) is 4.62. The summed E-state index contributed by atoms with van der Waals surface area (Å²) in [5.74, 6) is 0.363. The van der Waals surface area contributed by atoms with Gasteiger partial charge in [-0.1, -0.05) is 0 Å². The Morgan fingerprint density at radius 1 is 1.73 bits per heavy atom. The van der Waals surface area contributed by atoms with E-state index in [4.69, 9.17) is 5.11 Å². The van der Waals surface area contributed by atoms with Crippen LogP contribution in [0.15, 0.2) is 6.20 Å². The van der Waals surface area contributed by atoms with Crippen LogP contribution in [0, 0.1) is 0 Å². The number of nitrogens with zero attached hydrogens (tertiary/aromatic N) is 3. The van der Waals surface area contributed by atoms with E-state index in [9.17, 15) is 9.59 Å². The summed E-state index contributed by atoms with van der Waals surface area (Å²) in [4.78, 5) is 26.8. The molecule has 6 nitrogen and oxygen atoms in total. The van der Waals surface area contributed by atoms with Gasteiger partial charge >= 0.3 is 6.09 Å². The van der Waals surface area contributed by atoms with E-state index in [2.05, 4.69) is 4.98 Å². The van der Waals surface area contributed by atoms with Crippen molar-refractivity contribution in [1.29, 1.82) is 0 Å². The van der Waals surface area contributed by atoms with Gasteiger partial charge in [-0.2, -0.15) is 0 Å². The minimum absolute atomic E-state index is 0.0486. The van der Waals surface area contributed by atoms with Crippen LogP contribution < -0.4 is 0 Å². The lowest BCUT2D eigenvalue weighted by molar-refractivity contribution is 0.109. The Labute approximate surface area is 86.1 Å². The Morgan fingerprint density at radius 3 is 3.07 bits per heavy atom. The lowest BCUT2D eigenvalue weighted by Gasteiger charge is -2.31. The maximum atomic E-state index is 10.8. The van der Waals surface area contributed by atoms with Crippen molar-refractivity contribution in [1.82, 2.24) is 14.5 Å². The Kier molecular flexibility index (Phi) is 2.18. The van der Waals surface area contributed by atoms with Crippen LogP contribution in [0.25, 0.3) is 0 Å². The highest BCUT2D eigenvalue weighted by molar-refractivity contribution is 5.70. The first-order valence-corrected chi connectivity index (χ1v) is 4.62. The van der Waals surface area contributed by atoms with Crippen LogP contribution >= 0.6 is 0 Å². The van der Waals surface area contributed by atoms with E-state index >= 15 is 0 Å². The predicted molar refractivity (Wildman–Crippen MR) is 50.8 cm³/mol. The van der Waals surface area contributed by atoms with Gasteiger partial charge in [0.15, 0.2) is 12.1 Å². The van der Waals surface area contributed by atoms with E-state index < -0.39 is 6.09 Å². The fourth-order valence-corrected chi connectivity index (χ4v) is 1.93. The summed E-state index contributed by atoms with van der Waals surface area (Å²) < 4.78 is 1.78. The summed E-state index contributed by atoms with van der Waals surface area (Å²) in [5, 5.41) is 8.87. The van der Waals surface area contributed by atoms with Crippen LogP contribution in [0.5, 0.6) is 0 Å². The largest absolute Gasteiger partial charge is 0.465 e. The molecule has 1 aromatic heterocycles. The van der Waals surface area contributed by atoms with Crippen LogP contribution in [0.3, 0.4) is 0 Å². The Hall–Kier alpha value is -1.85. The molecule has 1 unspecified atom stereocenters. The first kappa shape index (κ1) is 9.70. The van der Waals surface area contributed by atoms with Gasteiger partial charge in [-0.05, 0) is 6.92 Å². The van der Waals surface area contributed by atoms with Crippen molar-refractivity contribution in [3.05, 3.63) is 17.7 Å². The van der Waals surface area contributed by atoms with Crippen LogP contribution in [0.1, 0.15) is 29.3 Å². The van der Waals surface area contributed by atoms with Gasteiger partial charge in [0.05, 0.1) is 24.5 Å². The monoisotopic (exact) mass is 209 g/mol. The highest BCUT2D eigenvalue weighted by Crippen LogP contribution is 2.22. The molecule has 1 aliphatic rings. The summed E-state index contributed by atoms with van der Waals surface area (Å²) in [7, 11) is 0. The van der Waals surface area contributed by atoms with Gasteiger partial charge < -0.3 is 14.6 Å². The van der Waals surface area contributed by atoms with E-state index in [1.807, 2.05) is 6.92 Å². The Morgan fingerprint density at radius 2 is 2.47 bits per heavy atom. The SMILES string of the molecule is CC1CN(C(=O)O)Cc2cnc(C=O)n21. The highest BCUT2D eigenvalue weighted by Gasteiger charge is 2.27. The number of imidazole rings is 1. The van der Waals surface area contributed by atoms with Gasteiger partial charge in [0.1, 0.15) is 0 Å². The number of aldehydes is 1. The molecular formula is C9H11N3O3. The highest BCUT2D eigenvalue weighted by atomic mass is 16.4. The number of carboxylic acid groups (broad SMARTS) is 1. The Bertz CT molecular complexity index is 413. The Balaban J connectivity index is 2.37. The van der Waals surface area contributed by atoms with Gasteiger partial charge in [0.25, 0.3) is 0 Å². The van der Waals surface area contributed by atoms with Crippen molar-refractivity contribution >= 4 is 12.4 Å². The van der Waals surface area contributed by atoms with E-state index in [0.29, 0.717) is 25.2 Å². The zero-order valence-electron chi connectivity index (χ0n) is 8.25. The number of amides is 1. The normalized spacial score (nSPS) is 19.8. The van der Waals surface area contributed by atoms with Crippen molar-refractivity contribution in [2.75, 3.05) is 6.54 Å². The molecule has 1 amide bonds. The molecule has 0 saturated carbocycles. The molecule has 0 bridgehead atoms. The fraction of sp³-hybridized carbons (Fsp3) is 0.444. The maximum Gasteiger partial charge on any atom is 0.407 e. The number of carbonyl (C=O) groups is 2. The molecule has 80 valence electrons. The van der Waals surface area contributed by atoms with Crippen molar-refractivity contribution in [3.63, 3.8) is 0 Å². The zero-order valence-corrected chi connectivity index (χ0v) is 8.25. The van der Waals surface area contributed by atoms with Gasteiger partial charge in [0, 0.05) is 6.54 Å². The molecule has 0 radical (unpaired) electrons. The van der Waals surface area contributed by atoms with Crippen molar-refractivity contribution in [3.8, 4) is 0 Å². The number of aromatic nitrogens is 2. The summed E-state index contributed by atoms with van der Waals surface area (Å²) in [6.07, 6.45) is 1.30. The number of fused-ring (bicyclic) bond motifs is 1. The van der Waals surface area contributed by atoms with E-state index in [1.165, 1.54) is 4.90 Å². The number of hydrogen-bond donors (Lipinski definition) is 1. The predicted octanol–water partition coefficient (Wildman–Crippen LogP) is 0.750. The molecule has 0 aromatic carbocycles. The minimum atomic E-state index is -0.943.